The fourth-order valence-electron chi connectivity index (χ4n) is 3.70. The Morgan fingerprint density at radius 1 is 0.667 bits per heavy atom. The van der Waals surface area contributed by atoms with Crippen molar-refractivity contribution in [2.75, 3.05) is 23.7 Å². The minimum Gasteiger partial charge on any atom is -0.322 e. The lowest BCUT2D eigenvalue weighted by Gasteiger charge is -2.25. The smallest absolute Gasteiger partial charge is 0.255 e. The molecule has 7 nitrogen and oxygen atoms in total. The number of hydrogen-bond donors (Lipinski definition) is 2. The monoisotopic (exact) mass is 463 g/mol. The van der Waals surface area contributed by atoms with Gasteiger partial charge in [0.2, 0.25) is 10.0 Å². The lowest BCUT2D eigenvalue weighted by Crippen LogP contribution is -2.35. The highest BCUT2D eigenvalue weighted by Crippen LogP contribution is 2.22. The Morgan fingerprint density at radius 2 is 1.27 bits per heavy atom. The number of benzene rings is 3. The van der Waals surface area contributed by atoms with Crippen LogP contribution in [0.2, 0.25) is 0 Å². The van der Waals surface area contributed by atoms with Crippen LogP contribution in [-0.4, -0.2) is 37.6 Å². The largest absolute Gasteiger partial charge is 0.322 e. The number of carbonyl (C=O) groups excluding carboxylic acids is 2. The molecule has 4 rings (SSSR count). The normalized spacial score (nSPS) is 14.4. The van der Waals surface area contributed by atoms with Gasteiger partial charge in [0.15, 0.2) is 0 Å². The summed E-state index contributed by atoms with van der Waals surface area (Å²) in [5.74, 6) is -0.629. The summed E-state index contributed by atoms with van der Waals surface area (Å²) in [5.41, 5.74) is 1.87. The van der Waals surface area contributed by atoms with Crippen molar-refractivity contribution in [3.05, 3.63) is 90.0 Å². The zero-order valence-electron chi connectivity index (χ0n) is 18.0. The number of rotatable bonds is 6. The topological polar surface area (TPSA) is 95.6 Å². The average molecular weight is 464 g/mol. The second-order valence-corrected chi connectivity index (χ2v) is 9.78. The standard InChI is InChI=1S/C25H25N3O4S/c29-24(19-8-3-1-4-9-19)27-22-11-7-10-20(18-22)25(30)26-21-12-14-23(15-13-21)33(31,32)28-16-5-2-6-17-28/h1,3-4,7-15,18H,2,5-6,16-17H2,(H,26,30)(H,27,29). The molecule has 0 atom stereocenters. The maximum absolute atomic E-state index is 12.8. The van der Waals surface area contributed by atoms with E-state index in [-0.39, 0.29) is 16.7 Å². The van der Waals surface area contributed by atoms with Gasteiger partial charge in [0.25, 0.3) is 11.8 Å². The van der Waals surface area contributed by atoms with E-state index in [1.54, 1.807) is 60.7 Å². The molecule has 2 amide bonds. The van der Waals surface area contributed by atoms with Crippen molar-refractivity contribution in [2.24, 2.45) is 0 Å². The quantitative estimate of drug-likeness (QED) is 0.568. The Balaban J connectivity index is 1.42. The second kappa shape index (κ2) is 9.97. The molecule has 0 saturated carbocycles. The molecular weight excluding hydrogens is 438 g/mol. The van der Waals surface area contributed by atoms with Crippen LogP contribution in [0, 0.1) is 0 Å². The molecule has 3 aromatic carbocycles. The second-order valence-electron chi connectivity index (χ2n) is 7.84. The average Bonchev–Trinajstić information content (AvgIpc) is 2.85. The highest BCUT2D eigenvalue weighted by Gasteiger charge is 2.25. The SMILES string of the molecule is O=C(Nc1cccc(C(=O)Nc2ccc(S(=O)(=O)N3CCCCC3)cc2)c1)c1ccccc1. The zero-order valence-corrected chi connectivity index (χ0v) is 18.8. The van der Waals surface area contributed by atoms with Crippen LogP contribution in [0.3, 0.4) is 0 Å². The Hall–Kier alpha value is -3.49. The first-order valence-electron chi connectivity index (χ1n) is 10.8. The van der Waals surface area contributed by atoms with E-state index in [1.807, 2.05) is 6.07 Å². The van der Waals surface area contributed by atoms with Crippen LogP contribution in [0.15, 0.2) is 83.8 Å². The molecule has 0 aromatic heterocycles. The molecule has 2 N–H and O–H groups in total. The van der Waals surface area contributed by atoms with Crippen LogP contribution < -0.4 is 10.6 Å². The minimum atomic E-state index is -3.52. The van der Waals surface area contributed by atoms with Crippen molar-refractivity contribution in [3.8, 4) is 0 Å². The predicted molar refractivity (Wildman–Crippen MR) is 128 cm³/mol. The molecule has 1 saturated heterocycles. The Morgan fingerprint density at radius 3 is 1.97 bits per heavy atom. The number of anilines is 2. The van der Waals surface area contributed by atoms with Gasteiger partial charge in [-0.3, -0.25) is 9.59 Å². The first-order chi connectivity index (χ1) is 15.9. The molecule has 0 bridgehead atoms. The van der Waals surface area contributed by atoms with E-state index < -0.39 is 10.0 Å². The maximum Gasteiger partial charge on any atom is 0.255 e. The fourth-order valence-corrected chi connectivity index (χ4v) is 5.22. The number of nitrogens with one attached hydrogen (secondary N) is 2. The molecule has 0 spiro atoms. The van der Waals surface area contributed by atoms with Gasteiger partial charge >= 0.3 is 0 Å². The molecule has 3 aromatic rings. The number of piperidine rings is 1. The zero-order chi connectivity index (χ0) is 23.3. The molecule has 1 aliphatic heterocycles. The molecule has 1 heterocycles. The molecule has 0 aliphatic carbocycles. The Bertz CT molecular complexity index is 1240. The van der Waals surface area contributed by atoms with E-state index in [4.69, 9.17) is 0 Å². The van der Waals surface area contributed by atoms with Gasteiger partial charge < -0.3 is 10.6 Å². The van der Waals surface area contributed by atoms with Crippen molar-refractivity contribution >= 4 is 33.2 Å². The van der Waals surface area contributed by atoms with Crippen LogP contribution in [0.1, 0.15) is 40.0 Å². The van der Waals surface area contributed by atoms with Gasteiger partial charge in [-0.05, 0) is 67.4 Å². The van der Waals surface area contributed by atoms with Crippen molar-refractivity contribution in [2.45, 2.75) is 24.2 Å². The summed E-state index contributed by atoms with van der Waals surface area (Å²) < 4.78 is 27.1. The summed E-state index contributed by atoms with van der Waals surface area (Å²) in [4.78, 5) is 25.3. The van der Waals surface area contributed by atoms with Gasteiger partial charge in [-0.1, -0.05) is 30.7 Å². The van der Waals surface area contributed by atoms with Crippen molar-refractivity contribution in [1.29, 1.82) is 0 Å². The molecule has 8 heteroatoms. The Kier molecular flexibility index (Phi) is 6.86. The number of nitrogens with zero attached hydrogens (tertiary/aromatic N) is 1. The van der Waals surface area contributed by atoms with E-state index in [9.17, 15) is 18.0 Å². The van der Waals surface area contributed by atoms with E-state index in [0.29, 0.717) is 35.6 Å². The van der Waals surface area contributed by atoms with Crippen LogP contribution in [0.4, 0.5) is 11.4 Å². The van der Waals surface area contributed by atoms with Crippen molar-refractivity contribution in [1.82, 2.24) is 4.31 Å². The van der Waals surface area contributed by atoms with Crippen LogP contribution in [0.25, 0.3) is 0 Å². The fraction of sp³-hybridized carbons (Fsp3) is 0.200. The third-order valence-corrected chi connectivity index (χ3v) is 7.40. The van der Waals surface area contributed by atoms with Crippen molar-refractivity contribution in [3.63, 3.8) is 0 Å². The minimum absolute atomic E-state index is 0.216. The van der Waals surface area contributed by atoms with Gasteiger partial charge in [-0.15, -0.1) is 0 Å². The summed E-state index contributed by atoms with van der Waals surface area (Å²) >= 11 is 0. The van der Waals surface area contributed by atoms with E-state index >= 15 is 0 Å². The summed E-state index contributed by atoms with van der Waals surface area (Å²) in [6, 6.07) is 21.6. The number of hydrogen-bond acceptors (Lipinski definition) is 4. The summed E-state index contributed by atoms with van der Waals surface area (Å²) in [6.45, 7) is 1.08. The highest BCUT2D eigenvalue weighted by atomic mass is 32.2. The van der Waals surface area contributed by atoms with Gasteiger partial charge in [0.05, 0.1) is 4.90 Å². The van der Waals surface area contributed by atoms with Crippen LogP contribution in [-0.2, 0) is 10.0 Å². The molecular formula is C25H25N3O4S. The van der Waals surface area contributed by atoms with Crippen LogP contribution >= 0.6 is 0 Å². The number of sulfonamides is 1. The first kappa shape index (κ1) is 22.7. The highest BCUT2D eigenvalue weighted by molar-refractivity contribution is 7.89. The van der Waals surface area contributed by atoms with Crippen molar-refractivity contribution < 1.29 is 18.0 Å². The molecule has 1 fully saturated rings. The number of amides is 2. The third-order valence-electron chi connectivity index (χ3n) is 5.48. The van der Waals surface area contributed by atoms with Crippen LogP contribution in [0.5, 0.6) is 0 Å². The Labute approximate surface area is 193 Å². The van der Waals surface area contributed by atoms with Gasteiger partial charge in [-0.25, -0.2) is 8.42 Å². The summed E-state index contributed by atoms with van der Waals surface area (Å²) in [7, 11) is -3.52. The molecule has 33 heavy (non-hydrogen) atoms. The van der Waals surface area contributed by atoms with Gasteiger partial charge in [0, 0.05) is 35.6 Å². The molecule has 0 unspecified atom stereocenters. The molecule has 1 aliphatic rings. The number of carbonyl (C=O) groups is 2. The lowest BCUT2D eigenvalue weighted by molar-refractivity contribution is 0.101. The first-order valence-corrected chi connectivity index (χ1v) is 12.3. The predicted octanol–water partition coefficient (Wildman–Crippen LogP) is 4.37. The summed E-state index contributed by atoms with van der Waals surface area (Å²) in [5, 5.41) is 5.55. The van der Waals surface area contributed by atoms with E-state index in [2.05, 4.69) is 10.6 Å². The maximum atomic E-state index is 12.8. The van der Waals surface area contributed by atoms with E-state index in [0.717, 1.165) is 19.3 Å². The molecule has 170 valence electrons. The van der Waals surface area contributed by atoms with E-state index in [1.165, 1.54) is 16.4 Å². The summed E-state index contributed by atoms with van der Waals surface area (Å²) in [6.07, 6.45) is 2.80. The third kappa shape index (κ3) is 5.47. The van der Waals surface area contributed by atoms with Gasteiger partial charge in [0.1, 0.15) is 0 Å². The van der Waals surface area contributed by atoms with Gasteiger partial charge in [-0.2, -0.15) is 4.31 Å². The molecule has 0 radical (unpaired) electrons. The lowest BCUT2D eigenvalue weighted by atomic mass is 10.1.